The van der Waals surface area contributed by atoms with Crippen LogP contribution < -0.4 is 5.73 Å². The van der Waals surface area contributed by atoms with E-state index in [-0.39, 0.29) is 12.5 Å². The highest BCUT2D eigenvalue weighted by Crippen LogP contribution is 2.22. The van der Waals surface area contributed by atoms with E-state index in [0.29, 0.717) is 13.1 Å². The number of nitrogens with zero attached hydrogens (tertiary/aromatic N) is 1. The molecule has 0 fully saturated rings. The zero-order chi connectivity index (χ0) is 10.8. The zero-order valence-corrected chi connectivity index (χ0v) is 8.39. The Labute approximate surface area is 88.3 Å². The summed E-state index contributed by atoms with van der Waals surface area (Å²) < 4.78 is 0. The minimum Gasteiger partial charge on any atom is -0.394 e. The molecule has 4 heteroatoms. The Morgan fingerprint density at radius 2 is 1.93 bits per heavy atom. The predicted octanol–water partition coefficient (Wildman–Crippen LogP) is -0.152. The van der Waals surface area contributed by atoms with Crippen molar-refractivity contribution in [3.8, 4) is 0 Å². The standard InChI is InChI=1S/C11H14N2O2/c12-10(7-14)11(15)13-5-8-3-1-2-4-9(8)6-13/h1-4,10,14H,5-7,12H2/t10-/m1/s1. The molecule has 0 bridgehead atoms. The summed E-state index contributed by atoms with van der Waals surface area (Å²) in [6.07, 6.45) is 0. The largest absolute Gasteiger partial charge is 0.394 e. The van der Waals surface area contributed by atoms with Gasteiger partial charge in [-0.25, -0.2) is 0 Å². The van der Waals surface area contributed by atoms with Crippen LogP contribution in [0.3, 0.4) is 0 Å². The van der Waals surface area contributed by atoms with Gasteiger partial charge in [0.2, 0.25) is 5.91 Å². The summed E-state index contributed by atoms with van der Waals surface area (Å²) in [5.41, 5.74) is 7.82. The van der Waals surface area contributed by atoms with Crippen LogP contribution in [0, 0.1) is 0 Å². The first-order chi connectivity index (χ1) is 7.22. The molecule has 2 rings (SSSR count). The monoisotopic (exact) mass is 206 g/mol. The number of hydrogen-bond donors (Lipinski definition) is 2. The first-order valence-corrected chi connectivity index (χ1v) is 4.94. The van der Waals surface area contributed by atoms with Gasteiger partial charge in [0.05, 0.1) is 6.61 Å². The smallest absolute Gasteiger partial charge is 0.242 e. The lowest BCUT2D eigenvalue weighted by Gasteiger charge is -2.18. The molecule has 0 spiro atoms. The Hall–Kier alpha value is -1.39. The molecule has 1 heterocycles. The summed E-state index contributed by atoms with van der Waals surface area (Å²) in [5.74, 6) is -0.186. The predicted molar refractivity (Wildman–Crippen MR) is 55.8 cm³/mol. The lowest BCUT2D eigenvalue weighted by Crippen LogP contribution is -2.43. The summed E-state index contributed by atoms with van der Waals surface area (Å²) in [6, 6.07) is 7.14. The van der Waals surface area contributed by atoms with E-state index in [2.05, 4.69) is 0 Å². The van der Waals surface area contributed by atoms with Crippen molar-refractivity contribution in [3.05, 3.63) is 35.4 Å². The Morgan fingerprint density at radius 3 is 2.40 bits per heavy atom. The molecule has 1 amide bonds. The van der Waals surface area contributed by atoms with Crippen LogP contribution in [0.1, 0.15) is 11.1 Å². The molecule has 0 aromatic heterocycles. The molecule has 0 aliphatic carbocycles. The summed E-state index contributed by atoms with van der Waals surface area (Å²) >= 11 is 0. The van der Waals surface area contributed by atoms with Crippen molar-refractivity contribution < 1.29 is 9.90 Å². The van der Waals surface area contributed by atoms with Crippen LogP contribution >= 0.6 is 0 Å². The van der Waals surface area contributed by atoms with Crippen LogP contribution in [0.25, 0.3) is 0 Å². The van der Waals surface area contributed by atoms with Crippen LogP contribution in [-0.4, -0.2) is 28.6 Å². The van der Waals surface area contributed by atoms with Gasteiger partial charge >= 0.3 is 0 Å². The first-order valence-electron chi connectivity index (χ1n) is 4.94. The fourth-order valence-electron chi connectivity index (χ4n) is 1.80. The van der Waals surface area contributed by atoms with E-state index in [1.54, 1.807) is 4.90 Å². The van der Waals surface area contributed by atoms with Crippen LogP contribution in [0.15, 0.2) is 24.3 Å². The number of aliphatic hydroxyl groups is 1. The third-order valence-corrected chi connectivity index (χ3v) is 2.67. The van der Waals surface area contributed by atoms with E-state index >= 15 is 0 Å². The lowest BCUT2D eigenvalue weighted by atomic mass is 10.1. The van der Waals surface area contributed by atoms with Crippen molar-refractivity contribution in [1.82, 2.24) is 4.90 Å². The van der Waals surface area contributed by atoms with Gasteiger partial charge in [0.15, 0.2) is 0 Å². The van der Waals surface area contributed by atoms with Crippen molar-refractivity contribution in [3.63, 3.8) is 0 Å². The van der Waals surface area contributed by atoms with Crippen LogP contribution in [-0.2, 0) is 17.9 Å². The number of fused-ring (bicyclic) bond motifs is 1. The summed E-state index contributed by atoms with van der Waals surface area (Å²) in [5, 5.41) is 8.81. The number of hydrogen-bond acceptors (Lipinski definition) is 3. The number of rotatable bonds is 2. The summed E-state index contributed by atoms with van der Waals surface area (Å²) in [6.45, 7) is 0.900. The molecule has 80 valence electrons. The molecule has 0 radical (unpaired) electrons. The van der Waals surface area contributed by atoms with Gasteiger partial charge in [-0.3, -0.25) is 4.79 Å². The molecule has 15 heavy (non-hydrogen) atoms. The quantitative estimate of drug-likeness (QED) is 0.707. The van der Waals surface area contributed by atoms with Crippen molar-refractivity contribution in [2.75, 3.05) is 6.61 Å². The van der Waals surface area contributed by atoms with E-state index in [1.807, 2.05) is 24.3 Å². The van der Waals surface area contributed by atoms with E-state index in [1.165, 1.54) is 0 Å². The third kappa shape index (κ3) is 1.86. The van der Waals surface area contributed by atoms with Gasteiger partial charge in [-0.2, -0.15) is 0 Å². The maximum absolute atomic E-state index is 11.7. The number of amides is 1. The minimum absolute atomic E-state index is 0.186. The molecule has 0 saturated carbocycles. The second-order valence-corrected chi connectivity index (χ2v) is 3.75. The Kier molecular flexibility index (Phi) is 2.70. The highest BCUT2D eigenvalue weighted by molar-refractivity contribution is 5.82. The number of carbonyl (C=O) groups is 1. The molecule has 0 saturated heterocycles. The molecule has 1 atom stereocenters. The fourth-order valence-corrected chi connectivity index (χ4v) is 1.80. The molecule has 3 N–H and O–H groups in total. The molecular weight excluding hydrogens is 192 g/mol. The van der Waals surface area contributed by atoms with Crippen LogP contribution in [0.2, 0.25) is 0 Å². The van der Waals surface area contributed by atoms with Crippen LogP contribution in [0.5, 0.6) is 0 Å². The van der Waals surface area contributed by atoms with Gasteiger partial charge in [-0.15, -0.1) is 0 Å². The maximum Gasteiger partial charge on any atom is 0.242 e. The number of carbonyl (C=O) groups excluding carboxylic acids is 1. The van der Waals surface area contributed by atoms with Crippen molar-refractivity contribution in [2.24, 2.45) is 5.73 Å². The Balaban J connectivity index is 2.10. The SMILES string of the molecule is N[C@H](CO)C(=O)N1Cc2ccccc2C1. The minimum atomic E-state index is -0.792. The number of nitrogens with two attached hydrogens (primary N) is 1. The Morgan fingerprint density at radius 1 is 1.40 bits per heavy atom. The van der Waals surface area contributed by atoms with Gasteiger partial charge in [0, 0.05) is 13.1 Å². The van der Waals surface area contributed by atoms with Gasteiger partial charge in [-0.05, 0) is 11.1 Å². The van der Waals surface area contributed by atoms with Crippen molar-refractivity contribution in [2.45, 2.75) is 19.1 Å². The second-order valence-electron chi connectivity index (χ2n) is 3.75. The second kappa shape index (κ2) is 4.00. The number of aliphatic hydroxyl groups excluding tert-OH is 1. The van der Waals surface area contributed by atoms with Gasteiger partial charge in [0.25, 0.3) is 0 Å². The third-order valence-electron chi connectivity index (χ3n) is 2.67. The Bertz CT molecular complexity index is 354. The highest BCUT2D eigenvalue weighted by Gasteiger charge is 2.26. The highest BCUT2D eigenvalue weighted by atomic mass is 16.3. The molecule has 1 aromatic rings. The van der Waals surface area contributed by atoms with Crippen molar-refractivity contribution in [1.29, 1.82) is 0 Å². The lowest BCUT2D eigenvalue weighted by molar-refractivity contribution is -0.134. The molecule has 1 aliphatic heterocycles. The average Bonchev–Trinajstić information content (AvgIpc) is 2.70. The van der Waals surface area contributed by atoms with Gasteiger partial charge in [0.1, 0.15) is 6.04 Å². The normalized spacial score (nSPS) is 16.3. The molecule has 1 aliphatic rings. The van der Waals surface area contributed by atoms with Gasteiger partial charge < -0.3 is 15.7 Å². The summed E-state index contributed by atoms with van der Waals surface area (Å²) in [7, 11) is 0. The summed E-state index contributed by atoms with van der Waals surface area (Å²) in [4.78, 5) is 13.4. The topological polar surface area (TPSA) is 66.6 Å². The van der Waals surface area contributed by atoms with E-state index in [4.69, 9.17) is 10.8 Å². The van der Waals surface area contributed by atoms with Crippen LogP contribution in [0.4, 0.5) is 0 Å². The fraction of sp³-hybridized carbons (Fsp3) is 0.364. The average molecular weight is 206 g/mol. The molecule has 1 aromatic carbocycles. The first kappa shape index (κ1) is 10.1. The van der Waals surface area contributed by atoms with E-state index < -0.39 is 6.04 Å². The molecule has 0 unspecified atom stereocenters. The number of benzene rings is 1. The molecule has 4 nitrogen and oxygen atoms in total. The maximum atomic E-state index is 11.7. The molecular formula is C11H14N2O2. The zero-order valence-electron chi connectivity index (χ0n) is 8.39. The van der Waals surface area contributed by atoms with Gasteiger partial charge in [-0.1, -0.05) is 24.3 Å². The van der Waals surface area contributed by atoms with E-state index in [9.17, 15) is 4.79 Å². The van der Waals surface area contributed by atoms with Crippen molar-refractivity contribution >= 4 is 5.91 Å². The van der Waals surface area contributed by atoms with E-state index in [0.717, 1.165) is 11.1 Å².